The highest BCUT2D eigenvalue weighted by Gasteiger charge is 2.60. The molecule has 0 radical (unpaired) electrons. The van der Waals surface area contributed by atoms with E-state index in [1.807, 2.05) is 30.3 Å². The number of imide groups is 1. The van der Waals surface area contributed by atoms with E-state index in [0.717, 1.165) is 4.90 Å². The summed E-state index contributed by atoms with van der Waals surface area (Å²) in [7, 11) is 1.45. The van der Waals surface area contributed by atoms with Gasteiger partial charge in [-0.2, -0.15) is 0 Å². The van der Waals surface area contributed by atoms with E-state index in [4.69, 9.17) is 21.2 Å². The van der Waals surface area contributed by atoms with Crippen LogP contribution in [0.2, 0.25) is 5.02 Å². The van der Waals surface area contributed by atoms with Crippen molar-refractivity contribution in [1.82, 2.24) is 0 Å². The summed E-state index contributed by atoms with van der Waals surface area (Å²) in [5.41, 5.74) is 1.82. The zero-order valence-corrected chi connectivity index (χ0v) is 17.8. The lowest BCUT2D eigenvalue weighted by Crippen LogP contribution is -2.37. The smallest absolute Gasteiger partial charge is 0.266 e. The lowest BCUT2D eigenvalue weighted by Gasteiger charge is -2.29. The van der Waals surface area contributed by atoms with Gasteiger partial charge < -0.3 is 9.84 Å². The monoisotopic (exact) mass is 450 g/mol. The maximum atomic E-state index is 13.5. The van der Waals surface area contributed by atoms with Crippen LogP contribution in [0.5, 0.6) is 11.5 Å². The van der Waals surface area contributed by atoms with Crippen LogP contribution in [0.1, 0.15) is 11.6 Å². The molecule has 0 spiro atoms. The summed E-state index contributed by atoms with van der Waals surface area (Å²) >= 11 is 5.97. The van der Waals surface area contributed by atoms with E-state index in [1.165, 1.54) is 13.2 Å². The molecule has 3 aromatic rings. The van der Waals surface area contributed by atoms with Gasteiger partial charge in [-0.15, -0.1) is 0 Å². The number of hydroxylamine groups is 1. The summed E-state index contributed by atoms with van der Waals surface area (Å²) in [6.45, 7) is 0. The molecule has 162 valence electrons. The highest BCUT2D eigenvalue weighted by Crippen LogP contribution is 2.48. The van der Waals surface area contributed by atoms with Crippen molar-refractivity contribution in [1.29, 1.82) is 0 Å². The van der Waals surface area contributed by atoms with Crippen molar-refractivity contribution in [3.63, 3.8) is 0 Å². The number of hydrogen-bond acceptors (Lipinski definition) is 6. The van der Waals surface area contributed by atoms with Gasteiger partial charge in [-0.25, -0.2) is 9.96 Å². The van der Waals surface area contributed by atoms with E-state index >= 15 is 0 Å². The molecule has 2 amide bonds. The Kier molecular flexibility index (Phi) is 5.00. The predicted octanol–water partition coefficient (Wildman–Crippen LogP) is 4.11. The van der Waals surface area contributed by atoms with Gasteiger partial charge in [0.2, 0.25) is 5.91 Å². The largest absolute Gasteiger partial charge is 0.504 e. The van der Waals surface area contributed by atoms with E-state index in [0.29, 0.717) is 22.0 Å². The van der Waals surface area contributed by atoms with E-state index in [9.17, 15) is 14.7 Å². The van der Waals surface area contributed by atoms with Crippen LogP contribution in [-0.4, -0.2) is 30.1 Å². The van der Waals surface area contributed by atoms with E-state index in [2.05, 4.69) is 0 Å². The Hall–Kier alpha value is -3.55. The van der Waals surface area contributed by atoms with Gasteiger partial charge in [0.05, 0.1) is 24.5 Å². The van der Waals surface area contributed by atoms with Crippen LogP contribution in [-0.2, 0) is 14.4 Å². The average Bonchev–Trinajstić information content (AvgIpc) is 3.32. The summed E-state index contributed by atoms with van der Waals surface area (Å²) in [5.74, 6) is -1.33. The molecule has 32 heavy (non-hydrogen) atoms. The first-order valence-corrected chi connectivity index (χ1v) is 10.4. The molecule has 0 aromatic heterocycles. The Morgan fingerprint density at radius 3 is 2.34 bits per heavy atom. The number of hydrogen-bond donors (Lipinski definition) is 1. The number of nitrogens with zero attached hydrogens (tertiary/aromatic N) is 2. The fraction of sp³-hybridized carbons (Fsp3) is 0.167. The molecule has 2 saturated heterocycles. The molecule has 0 saturated carbocycles. The molecule has 3 atom stereocenters. The lowest BCUT2D eigenvalue weighted by atomic mass is 9.90. The van der Waals surface area contributed by atoms with Gasteiger partial charge in [0.1, 0.15) is 5.92 Å². The second-order valence-corrected chi connectivity index (χ2v) is 8.01. The second-order valence-electron chi connectivity index (χ2n) is 7.58. The number of fused-ring (bicyclic) bond motifs is 1. The van der Waals surface area contributed by atoms with E-state index < -0.39 is 24.0 Å². The van der Waals surface area contributed by atoms with Crippen LogP contribution in [0, 0.1) is 5.92 Å². The van der Waals surface area contributed by atoms with Crippen LogP contribution in [0.15, 0.2) is 72.8 Å². The van der Waals surface area contributed by atoms with Crippen molar-refractivity contribution >= 4 is 34.8 Å². The zero-order chi connectivity index (χ0) is 22.4. The van der Waals surface area contributed by atoms with Crippen molar-refractivity contribution in [2.24, 2.45) is 5.92 Å². The Bertz CT molecular complexity index is 1180. The number of anilines is 2. The number of amides is 2. The highest BCUT2D eigenvalue weighted by molar-refractivity contribution is 6.31. The first-order valence-electron chi connectivity index (χ1n) is 10.0. The summed E-state index contributed by atoms with van der Waals surface area (Å²) in [5, 5.41) is 12.1. The predicted molar refractivity (Wildman–Crippen MR) is 119 cm³/mol. The molecule has 0 unspecified atom stereocenters. The summed E-state index contributed by atoms with van der Waals surface area (Å²) < 4.78 is 5.26. The number of carbonyl (C=O) groups excluding carboxylic acids is 2. The first-order chi connectivity index (χ1) is 15.5. The quantitative estimate of drug-likeness (QED) is 0.603. The van der Waals surface area contributed by atoms with Crippen LogP contribution in [0.25, 0.3) is 0 Å². The molecule has 1 N–H and O–H groups in total. The number of phenolic OH excluding ortho intramolecular Hbond substituents is 1. The van der Waals surface area contributed by atoms with Crippen LogP contribution < -0.4 is 14.7 Å². The maximum absolute atomic E-state index is 13.5. The molecule has 2 heterocycles. The fourth-order valence-electron chi connectivity index (χ4n) is 4.28. The fourth-order valence-corrected chi connectivity index (χ4v) is 4.40. The Morgan fingerprint density at radius 1 is 0.938 bits per heavy atom. The first kappa shape index (κ1) is 20.4. The van der Waals surface area contributed by atoms with Gasteiger partial charge in [0, 0.05) is 5.02 Å². The number of carbonyl (C=O) groups is 2. The van der Waals surface area contributed by atoms with Crippen LogP contribution in [0.3, 0.4) is 0 Å². The van der Waals surface area contributed by atoms with Gasteiger partial charge >= 0.3 is 0 Å². The lowest BCUT2D eigenvalue weighted by molar-refractivity contribution is -0.126. The molecule has 5 rings (SSSR count). The number of halogens is 1. The van der Waals surface area contributed by atoms with Crippen LogP contribution in [0.4, 0.5) is 11.4 Å². The summed E-state index contributed by atoms with van der Waals surface area (Å²) in [6, 6.07) is 20.0. The Morgan fingerprint density at radius 2 is 1.66 bits per heavy atom. The zero-order valence-electron chi connectivity index (χ0n) is 17.0. The van der Waals surface area contributed by atoms with Gasteiger partial charge in [-0.05, 0) is 54.1 Å². The molecule has 8 heteroatoms. The van der Waals surface area contributed by atoms with Gasteiger partial charge in [0.25, 0.3) is 5.91 Å². The van der Waals surface area contributed by atoms with Crippen molar-refractivity contribution in [3.8, 4) is 11.5 Å². The number of ether oxygens (including phenoxy) is 1. The third-order valence-electron chi connectivity index (χ3n) is 5.76. The number of aromatic hydroxyl groups is 1. The SMILES string of the molecule is COc1cc([C@H]2[C@H]3C(=O)N(c4ccc(Cl)cc4)C(=O)[C@H]3ON2c2ccccc2)ccc1O. The molecule has 2 aliphatic heterocycles. The number of para-hydroxylation sites is 1. The van der Waals surface area contributed by atoms with Crippen molar-refractivity contribution < 1.29 is 24.3 Å². The minimum absolute atomic E-state index is 0.0189. The summed E-state index contributed by atoms with van der Waals surface area (Å²) in [6.07, 6.45) is -0.983. The third-order valence-corrected chi connectivity index (χ3v) is 6.01. The second kappa shape index (κ2) is 7.85. The van der Waals surface area contributed by atoms with Crippen molar-refractivity contribution in [2.45, 2.75) is 12.1 Å². The van der Waals surface area contributed by atoms with Gasteiger partial charge in [-0.3, -0.25) is 14.4 Å². The molecule has 0 bridgehead atoms. The Labute approximate surface area is 189 Å². The molecule has 2 aliphatic rings. The van der Waals surface area contributed by atoms with E-state index in [1.54, 1.807) is 41.5 Å². The normalized spacial score (nSPS) is 22.4. The molecule has 7 nitrogen and oxygen atoms in total. The van der Waals surface area contributed by atoms with Crippen molar-refractivity contribution in [2.75, 3.05) is 17.1 Å². The molecular weight excluding hydrogens is 432 g/mol. The number of rotatable bonds is 4. The molecule has 2 fully saturated rings. The topological polar surface area (TPSA) is 79.3 Å². The minimum Gasteiger partial charge on any atom is -0.504 e. The van der Waals surface area contributed by atoms with Crippen molar-refractivity contribution in [3.05, 3.63) is 83.4 Å². The van der Waals surface area contributed by atoms with E-state index in [-0.39, 0.29) is 17.4 Å². The third kappa shape index (κ3) is 3.18. The standard InChI is InChI=1S/C24H19ClN2O5/c1-31-19-13-14(7-12-18(19)28)21-20-22(32-27(21)17-5-3-2-4-6-17)24(30)26(23(20)29)16-10-8-15(25)9-11-16/h2-13,20-22,28H,1H3/t20-,21+,22+/m1/s1. The average molecular weight is 451 g/mol. The number of phenols is 1. The molecule has 0 aliphatic carbocycles. The number of benzene rings is 3. The summed E-state index contributed by atoms with van der Waals surface area (Å²) in [4.78, 5) is 34.1. The number of methoxy groups -OCH3 is 1. The van der Waals surface area contributed by atoms with Gasteiger partial charge in [0.15, 0.2) is 17.6 Å². The highest BCUT2D eigenvalue weighted by atomic mass is 35.5. The van der Waals surface area contributed by atoms with Gasteiger partial charge in [-0.1, -0.05) is 35.9 Å². The molecule has 3 aromatic carbocycles. The van der Waals surface area contributed by atoms with Crippen LogP contribution >= 0.6 is 11.6 Å². The Balaban J connectivity index is 1.60. The minimum atomic E-state index is -0.983. The molecular formula is C24H19ClN2O5. The maximum Gasteiger partial charge on any atom is 0.266 e.